The number of nitrogen functional groups attached to an aromatic ring is 1. The molecule has 0 aliphatic rings. The van der Waals surface area contributed by atoms with E-state index >= 15 is 0 Å². The van der Waals surface area contributed by atoms with Crippen molar-refractivity contribution < 1.29 is 0 Å². The summed E-state index contributed by atoms with van der Waals surface area (Å²) in [6.07, 6.45) is 1.74. The largest absolute Gasteiger partial charge is 0.397 e. The lowest BCUT2D eigenvalue weighted by Crippen LogP contribution is -1.94. The summed E-state index contributed by atoms with van der Waals surface area (Å²) in [5.74, 6) is 0. The van der Waals surface area contributed by atoms with Gasteiger partial charge in [0.15, 0.2) is 0 Å². The van der Waals surface area contributed by atoms with E-state index in [4.69, 9.17) is 5.73 Å². The summed E-state index contributed by atoms with van der Waals surface area (Å²) in [6.45, 7) is 2.07. The molecule has 2 heteroatoms. The van der Waals surface area contributed by atoms with Crippen molar-refractivity contribution in [3.05, 3.63) is 60.3 Å². The number of aromatic nitrogens is 1. The fourth-order valence-corrected chi connectivity index (χ4v) is 2.25. The van der Waals surface area contributed by atoms with Gasteiger partial charge >= 0.3 is 0 Å². The molecule has 0 aliphatic carbocycles. The first-order chi connectivity index (χ1) is 8.75. The van der Waals surface area contributed by atoms with E-state index in [9.17, 15) is 0 Å². The number of pyridine rings is 1. The van der Waals surface area contributed by atoms with Crippen molar-refractivity contribution in [2.45, 2.75) is 6.92 Å². The Morgan fingerprint density at radius 2 is 1.78 bits per heavy atom. The Kier molecular flexibility index (Phi) is 2.49. The molecule has 0 spiro atoms. The smallest absolute Gasteiger partial charge is 0.0712 e. The van der Waals surface area contributed by atoms with E-state index in [-0.39, 0.29) is 0 Å². The molecule has 0 saturated carbocycles. The van der Waals surface area contributed by atoms with Gasteiger partial charge in [0.1, 0.15) is 0 Å². The maximum Gasteiger partial charge on any atom is 0.0712 e. The molecule has 0 fully saturated rings. The Morgan fingerprint density at radius 1 is 1.00 bits per heavy atom. The molecule has 0 unspecified atom stereocenters. The van der Waals surface area contributed by atoms with Crippen molar-refractivity contribution in [2.75, 3.05) is 5.73 Å². The molecule has 0 amide bonds. The van der Waals surface area contributed by atoms with Crippen LogP contribution in [0.2, 0.25) is 0 Å². The van der Waals surface area contributed by atoms with Crippen molar-refractivity contribution in [1.82, 2.24) is 4.98 Å². The number of nitrogens with zero attached hydrogens (tertiary/aromatic N) is 1. The third-order valence-electron chi connectivity index (χ3n) is 3.12. The average Bonchev–Trinajstić information content (AvgIpc) is 2.40. The number of nitrogens with two attached hydrogens (primary N) is 1. The summed E-state index contributed by atoms with van der Waals surface area (Å²) in [5, 5.41) is 1.10. The molecule has 1 heterocycles. The quantitative estimate of drug-likeness (QED) is 0.695. The zero-order valence-electron chi connectivity index (χ0n) is 10.2. The first-order valence-electron chi connectivity index (χ1n) is 5.96. The molecular weight excluding hydrogens is 220 g/mol. The average molecular weight is 234 g/mol. The van der Waals surface area contributed by atoms with Crippen LogP contribution in [0.3, 0.4) is 0 Å². The lowest BCUT2D eigenvalue weighted by molar-refractivity contribution is 1.39. The number of benzene rings is 2. The fourth-order valence-electron chi connectivity index (χ4n) is 2.25. The van der Waals surface area contributed by atoms with E-state index < -0.39 is 0 Å². The molecule has 2 aromatic carbocycles. The van der Waals surface area contributed by atoms with E-state index in [0.717, 1.165) is 27.7 Å². The van der Waals surface area contributed by atoms with E-state index in [0.29, 0.717) is 0 Å². The second-order valence-corrected chi connectivity index (χ2v) is 4.48. The van der Waals surface area contributed by atoms with E-state index in [1.165, 1.54) is 5.56 Å². The molecule has 3 rings (SSSR count). The maximum atomic E-state index is 6.09. The van der Waals surface area contributed by atoms with Crippen molar-refractivity contribution in [1.29, 1.82) is 0 Å². The minimum absolute atomic E-state index is 0.720. The highest BCUT2D eigenvalue weighted by atomic mass is 14.7. The van der Waals surface area contributed by atoms with Crippen molar-refractivity contribution in [2.24, 2.45) is 0 Å². The predicted octanol–water partition coefficient (Wildman–Crippen LogP) is 3.79. The van der Waals surface area contributed by atoms with E-state index in [2.05, 4.69) is 42.2 Å². The Morgan fingerprint density at radius 3 is 2.56 bits per heavy atom. The predicted molar refractivity (Wildman–Crippen MR) is 76.3 cm³/mol. The molecule has 0 atom stereocenters. The van der Waals surface area contributed by atoms with Gasteiger partial charge in [-0.3, -0.25) is 4.98 Å². The number of hydrogen-bond acceptors (Lipinski definition) is 2. The van der Waals surface area contributed by atoms with E-state index in [1.807, 2.05) is 18.2 Å². The summed E-state index contributed by atoms with van der Waals surface area (Å²) in [5.41, 5.74) is 11.2. The van der Waals surface area contributed by atoms with Gasteiger partial charge in [0.25, 0.3) is 0 Å². The summed E-state index contributed by atoms with van der Waals surface area (Å²) < 4.78 is 0. The van der Waals surface area contributed by atoms with Gasteiger partial charge in [-0.15, -0.1) is 0 Å². The number of fused-ring (bicyclic) bond motifs is 1. The zero-order valence-corrected chi connectivity index (χ0v) is 10.2. The molecule has 0 bridgehead atoms. The van der Waals surface area contributed by atoms with Gasteiger partial charge in [0.2, 0.25) is 0 Å². The molecule has 2 N–H and O–H groups in total. The summed E-state index contributed by atoms with van der Waals surface area (Å²) in [6, 6.07) is 16.5. The van der Waals surface area contributed by atoms with Crippen molar-refractivity contribution in [3.63, 3.8) is 0 Å². The van der Waals surface area contributed by atoms with Gasteiger partial charge < -0.3 is 5.73 Å². The van der Waals surface area contributed by atoms with Gasteiger partial charge in [0, 0.05) is 10.9 Å². The Bertz CT molecular complexity index is 703. The minimum atomic E-state index is 0.720. The van der Waals surface area contributed by atoms with Gasteiger partial charge in [-0.25, -0.2) is 0 Å². The number of aryl methyl sites for hydroxylation is 1. The third kappa shape index (κ3) is 1.72. The summed E-state index contributed by atoms with van der Waals surface area (Å²) >= 11 is 0. The number of anilines is 1. The highest BCUT2D eigenvalue weighted by Crippen LogP contribution is 2.32. The highest BCUT2D eigenvalue weighted by molar-refractivity contribution is 6.00. The number of rotatable bonds is 1. The van der Waals surface area contributed by atoms with Gasteiger partial charge in [0.05, 0.1) is 17.4 Å². The fraction of sp³-hybridized carbons (Fsp3) is 0.0625. The van der Waals surface area contributed by atoms with Crippen LogP contribution in [0, 0.1) is 6.92 Å². The SMILES string of the molecule is Cc1ccc2c(-c3ccccc3)c(N)cnc2c1. The second-order valence-electron chi connectivity index (χ2n) is 4.48. The molecule has 18 heavy (non-hydrogen) atoms. The van der Waals surface area contributed by atoms with Gasteiger partial charge in [-0.2, -0.15) is 0 Å². The molecule has 1 aromatic heterocycles. The molecule has 3 aromatic rings. The topological polar surface area (TPSA) is 38.9 Å². The molecule has 0 radical (unpaired) electrons. The van der Waals surface area contributed by atoms with Crippen LogP contribution in [-0.2, 0) is 0 Å². The van der Waals surface area contributed by atoms with Crippen LogP contribution in [-0.4, -0.2) is 4.98 Å². The van der Waals surface area contributed by atoms with Crippen LogP contribution >= 0.6 is 0 Å². The van der Waals surface area contributed by atoms with Crippen LogP contribution in [0.15, 0.2) is 54.7 Å². The van der Waals surface area contributed by atoms with Crippen LogP contribution in [0.4, 0.5) is 5.69 Å². The third-order valence-corrected chi connectivity index (χ3v) is 3.12. The zero-order chi connectivity index (χ0) is 12.5. The minimum Gasteiger partial charge on any atom is -0.397 e. The van der Waals surface area contributed by atoms with Crippen molar-refractivity contribution in [3.8, 4) is 11.1 Å². The Hall–Kier alpha value is -2.35. The lowest BCUT2D eigenvalue weighted by Gasteiger charge is -2.10. The normalized spacial score (nSPS) is 10.7. The summed E-state index contributed by atoms with van der Waals surface area (Å²) in [4.78, 5) is 4.40. The maximum absolute atomic E-state index is 6.09. The first-order valence-corrected chi connectivity index (χ1v) is 5.96. The first kappa shape index (κ1) is 10.8. The van der Waals surface area contributed by atoms with Gasteiger partial charge in [-0.05, 0) is 24.1 Å². The standard InChI is InChI=1S/C16H14N2/c1-11-7-8-13-15(9-11)18-10-14(17)16(13)12-5-3-2-4-6-12/h2-10H,17H2,1H3. The molecule has 2 nitrogen and oxygen atoms in total. The molecule has 0 aliphatic heterocycles. The van der Waals surface area contributed by atoms with Crippen molar-refractivity contribution >= 4 is 16.6 Å². The Balaban J connectivity index is 2.37. The van der Waals surface area contributed by atoms with Crippen LogP contribution in [0.1, 0.15) is 5.56 Å². The summed E-state index contributed by atoms with van der Waals surface area (Å²) in [7, 11) is 0. The lowest BCUT2D eigenvalue weighted by atomic mass is 9.99. The van der Waals surface area contributed by atoms with Gasteiger partial charge in [-0.1, -0.05) is 42.5 Å². The molecule has 88 valence electrons. The van der Waals surface area contributed by atoms with Crippen LogP contribution < -0.4 is 5.73 Å². The number of hydrogen-bond donors (Lipinski definition) is 1. The Labute approximate surface area is 106 Å². The molecular formula is C16H14N2. The van der Waals surface area contributed by atoms with Crippen LogP contribution in [0.5, 0.6) is 0 Å². The van der Waals surface area contributed by atoms with E-state index in [1.54, 1.807) is 6.20 Å². The van der Waals surface area contributed by atoms with Crippen LogP contribution in [0.25, 0.3) is 22.0 Å². The highest BCUT2D eigenvalue weighted by Gasteiger charge is 2.08. The molecule has 0 saturated heterocycles. The second kappa shape index (κ2) is 4.15. The monoisotopic (exact) mass is 234 g/mol.